The molecule has 0 aromatic heterocycles. The van der Waals surface area contributed by atoms with E-state index < -0.39 is 0 Å². The maximum absolute atomic E-state index is 5.86. The standard InChI is InChI=1S/C15H24N2O3/c1-18-13-10-12(16)11-14(19-2)15(13)20-9-8-17-6-4-3-5-7-17/h10-11H,3-9,16H2,1-2H3. The van der Waals surface area contributed by atoms with E-state index in [9.17, 15) is 0 Å². The van der Waals surface area contributed by atoms with Gasteiger partial charge in [-0.15, -0.1) is 0 Å². The van der Waals surface area contributed by atoms with E-state index in [4.69, 9.17) is 19.9 Å². The van der Waals surface area contributed by atoms with Crippen molar-refractivity contribution in [2.24, 2.45) is 0 Å². The van der Waals surface area contributed by atoms with Gasteiger partial charge in [0.15, 0.2) is 11.5 Å². The highest BCUT2D eigenvalue weighted by Crippen LogP contribution is 2.39. The molecule has 1 aliphatic heterocycles. The van der Waals surface area contributed by atoms with E-state index in [0.717, 1.165) is 6.54 Å². The highest BCUT2D eigenvalue weighted by atomic mass is 16.5. The van der Waals surface area contributed by atoms with Crippen LogP contribution in [0.15, 0.2) is 12.1 Å². The van der Waals surface area contributed by atoms with Gasteiger partial charge in [0.25, 0.3) is 0 Å². The Labute approximate surface area is 120 Å². The van der Waals surface area contributed by atoms with E-state index in [2.05, 4.69) is 4.90 Å². The van der Waals surface area contributed by atoms with Gasteiger partial charge in [-0.3, -0.25) is 4.90 Å². The van der Waals surface area contributed by atoms with Crippen LogP contribution >= 0.6 is 0 Å². The van der Waals surface area contributed by atoms with Crippen LogP contribution < -0.4 is 19.9 Å². The summed E-state index contributed by atoms with van der Waals surface area (Å²) in [7, 11) is 3.21. The first-order chi connectivity index (χ1) is 9.74. The number of hydrogen-bond acceptors (Lipinski definition) is 5. The lowest BCUT2D eigenvalue weighted by Gasteiger charge is -2.26. The second-order valence-electron chi connectivity index (χ2n) is 5.01. The monoisotopic (exact) mass is 280 g/mol. The van der Waals surface area contributed by atoms with Crippen LogP contribution in [0.1, 0.15) is 19.3 Å². The molecule has 2 N–H and O–H groups in total. The Bertz CT molecular complexity index is 406. The van der Waals surface area contributed by atoms with Crippen LogP contribution in [0, 0.1) is 0 Å². The summed E-state index contributed by atoms with van der Waals surface area (Å²) in [4.78, 5) is 2.43. The molecule has 0 bridgehead atoms. The minimum atomic E-state index is 0.599. The van der Waals surface area contributed by atoms with Gasteiger partial charge in [-0.1, -0.05) is 6.42 Å². The fraction of sp³-hybridized carbons (Fsp3) is 0.600. The summed E-state index contributed by atoms with van der Waals surface area (Å²) in [6.07, 6.45) is 3.92. The summed E-state index contributed by atoms with van der Waals surface area (Å²) in [6, 6.07) is 3.50. The lowest BCUT2D eigenvalue weighted by atomic mass is 10.1. The Morgan fingerprint density at radius 3 is 2.20 bits per heavy atom. The molecule has 0 aliphatic carbocycles. The number of nitrogens with two attached hydrogens (primary N) is 1. The quantitative estimate of drug-likeness (QED) is 0.809. The van der Waals surface area contributed by atoms with Crippen LogP contribution in [-0.4, -0.2) is 45.4 Å². The zero-order valence-electron chi connectivity index (χ0n) is 12.4. The van der Waals surface area contributed by atoms with Crippen LogP contribution in [0.25, 0.3) is 0 Å². The third kappa shape index (κ3) is 3.70. The fourth-order valence-electron chi connectivity index (χ4n) is 2.50. The van der Waals surface area contributed by atoms with Gasteiger partial charge in [0, 0.05) is 24.4 Å². The second-order valence-corrected chi connectivity index (χ2v) is 5.01. The van der Waals surface area contributed by atoms with Crippen molar-refractivity contribution in [3.8, 4) is 17.2 Å². The van der Waals surface area contributed by atoms with Crippen LogP contribution in [0.4, 0.5) is 5.69 Å². The average molecular weight is 280 g/mol. The Hall–Kier alpha value is -1.62. The topological polar surface area (TPSA) is 57.0 Å². The van der Waals surface area contributed by atoms with Gasteiger partial charge >= 0.3 is 0 Å². The minimum absolute atomic E-state index is 0.599. The number of nitrogen functional groups attached to an aromatic ring is 1. The number of ether oxygens (including phenoxy) is 3. The SMILES string of the molecule is COc1cc(N)cc(OC)c1OCCN1CCCCC1. The van der Waals surface area contributed by atoms with Crippen molar-refractivity contribution < 1.29 is 14.2 Å². The molecule has 0 amide bonds. The van der Waals surface area contributed by atoms with Gasteiger partial charge in [0.2, 0.25) is 5.75 Å². The molecule has 0 unspecified atom stereocenters. The number of benzene rings is 1. The fourth-order valence-corrected chi connectivity index (χ4v) is 2.50. The van der Waals surface area contributed by atoms with Crippen molar-refractivity contribution in [1.29, 1.82) is 0 Å². The maximum atomic E-state index is 5.86. The van der Waals surface area contributed by atoms with E-state index in [1.54, 1.807) is 26.4 Å². The molecule has 5 nitrogen and oxygen atoms in total. The van der Waals surface area contributed by atoms with E-state index in [0.29, 0.717) is 29.5 Å². The van der Waals surface area contributed by atoms with Gasteiger partial charge < -0.3 is 19.9 Å². The van der Waals surface area contributed by atoms with Crippen LogP contribution in [0.2, 0.25) is 0 Å². The number of piperidine rings is 1. The molecule has 20 heavy (non-hydrogen) atoms. The first-order valence-corrected chi connectivity index (χ1v) is 7.11. The Morgan fingerprint density at radius 1 is 1.05 bits per heavy atom. The van der Waals surface area contributed by atoms with Gasteiger partial charge in [-0.25, -0.2) is 0 Å². The van der Waals surface area contributed by atoms with Gasteiger partial charge in [-0.2, -0.15) is 0 Å². The summed E-state index contributed by atoms with van der Waals surface area (Å²) in [6.45, 7) is 3.88. The molecule has 2 rings (SSSR count). The molecule has 0 spiro atoms. The zero-order valence-corrected chi connectivity index (χ0v) is 12.4. The molecule has 1 aromatic carbocycles. The zero-order chi connectivity index (χ0) is 14.4. The summed E-state index contributed by atoms with van der Waals surface area (Å²) in [5.41, 5.74) is 6.40. The molecule has 0 radical (unpaired) electrons. The first kappa shape index (κ1) is 14.8. The predicted molar refractivity (Wildman–Crippen MR) is 79.7 cm³/mol. The molecule has 1 heterocycles. The molecular weight excluding hydrogens is 256 g/mol. The van der Waals surface area contributed by atoms with E-state index in [1.165, 1.54) is 32.4 Å². The Kier molecular flexibility index (Phi) is 5.35. The Morgan fingerprint density at radius 2 is 1.65 bits per heavy atom. The van der Waals surface area contributed by atoms with Crippen LogP contribution in [-0.2, 0) is 0 Å². The predicted octanol–water partition coefficient (Wildman–Crippen LogP) is 2.15. The van der Waals surface area contributed by atoms with Crippen LogP contribution in [0.3, 0.4) is 0 Å². The van der Waals surface area contributed by atoms with Crippen LogP contribution in [0.5, 0.6) is 17.2 Å². The molecule has 1 saturated heterocycles. The lowest BCUT2D eigenvalue weighted by Crippen LogP contribution is -2.33. The summed E-state index contributed by atoms with van der Waals surface area (Å²) in [5, 5.41) is 0. The van der Waals surface area contributed by atoms with E-state index in [-0.39, 0.29) is 0 Å². The molecular formula is C15H24N2O3. The third-order valence-electron chi connectivity index (χ3n) is 3.59. The minimum Gasteiger partial charge on any atom is -0.493 e. The molecule has 112 valence electrons. The summed E-state index contributed by atoms with van der Waals surface area (Å²) >= 11 is 0. The molecule has 5 heteroatoms. The molecule has 0 saturated carbocycles. The number of nitrogens with zero attached hydrogens (tertiary/aromatic N) is 1. The van der Waals surface area contributed by atoms with Crippen molar-refractivity contribution in [3.63, 3.8) is 0 Å². The Balaban J connectivity index is 1.97. The average Bonchev–Trinajstić information content (AvgIpc) is 2.49. The summed E-state index contributed by atoms with van der Waals surface area (Å²) < 4.78 is 16.5. The van der Waals surface area contributed by atoms with Crippen molar-refractivity contribution in [2.75, 3.05) is 46.2 Å². The van der Waals surface area contributed by atoms with Crippen molar-refractivity contribution in [2.45, 2.75) is 19.3 Å². The highest BCUT2D eigenvalue weighted by Gasteiger charge is 2.15. The highest BCUT2D eigenvalue weighted by molar-refractivity contribution is 5.60. The number of rotatable bonds is 6. The smallest absolute Gasteiger partial charge is 0.203 e. The van der Waals surface area contributed by atoms with E-state index in [1.807, 2.05) is 0 Å². The maximum Gasteiger partial charge on any atom is 0.203 e. The molecule has 0 atom stereocenters. The molecule has 1 fully saturated rings. The normalized spacial score (nSPS) is 15.9. The van der Waals surface area contributed by atoms with Crippen molar-refractivity contribution >= 4 is 5.69 Å². The van der Waals surface area contributed by atoms with Gasteiger partial charge in [0.05, 0.1) is 14.2 Å². The van der Waals surface area contributed by atoms with Gasteiger partial charge in [0.1, 0.15) is 6.61 Å². The third-order valence-corrected chi connectivity index (χ3v) is 3.59. The van der Waals surface area contributed by atoms with Crippen molar-refractivity contribution in [1.82, 2.24) is 4.90 Å². The van der Waals surface area contributed by atoms with Crippen molar-refractivity contribution in [3.05, 3.63) is 12.1 Å². The lowest BCUT2D eigenvalue weighted by molar-refractivity contribution is 0.177. The number of anilines is 1. The first-order valence-electron chi connectivity index (χ1n) is 7.11. The molecule has 1 aliphatic rings. The largest absolute Gasteiger partial charge is 0.493 e. The van der Waals surface area contributed by atoms with E-state index >= 15 is 0 Å². The van der Waals surface area contributed by atoms with Gasteiger partial charge in [-0.05, 0) is 25.9 Å². The molecule has 1 aromatic rings. The summed E-state index contributed by atoms with van der Waals surface area (Å²) in [5.74, 6) is 1.85. The number of likely N-dealkylation sites (tertiary alicyclic amines) is 1. The second kappa shape index (κ2) is 7.24. The number of hydrogen-bond donors (Lipinski definition) is 1. The number of methoxy groups -OCH3 is 2.